The molecule has 30 heavy (non-hydrogen) atoms. The first-order valence-corrected chi connectivity index (χ1v) is 10.9. The van der Waals surface area contributed by atoms with Crippen molar-refractivity contribution in [1.29, 1.82) is 0 Å². The Morgan fingerprint density at radius 2 is 1.73 bits per heavy atom. The molecule has 1 saturated carbocycles. The van der Waals surface area contributed by atoms with E-state index in [-0.39, 0.29) is 24.5 Å². The van der Waals surface area contributed by atoms with Gasteiger partial charge in [0.2, 0.25) is 0 Å². The molecule has 0 spiro atoms. The van der Waals surface area contributed by atoms with Crippen LogP contribution in [0.4, 0.5) is 5.69 Å². The number of hydrogen-bond donors (Lipinski definition) is 2. The molecule has 2 aromatic rings. The Balaban J connectivity index is 1.52. The zero-order valence-corrected chi connectivity index (χ0v) is 18.2. The minimum absolute atomic E-state index is 0.0521. The smallest absolute Gasteiger partial charge is 0.262 e. The van der Waals surface area contributed by atoms with E-state index in [0.29, 0.717) is 17.2 Å². The lowest BCUT2D eigenvalue weighted by Crippen LogP contribution is -2.36. The summed E-state index contributed by atoms with van der Waals surface area (Å²) in [5, 5.41) is 5.93. The molecule has 2 N–H and O–H groups in total. The number of hydrogen-bond acceptors (Lipinski definition) is 3. The molecule has 3 rings (SSSR count). The molecule has 0 bridgehead atoms. The molecule has 0 saturated heterocycles. The van der Waals surface area contributed by atoms with Crippen molar-refractivity contribution in [3.05, 3.63) is 59.2 Å². The van der Waals surface area contributed by atoms with Gasteiger partial charge in [-0.2, -0.15) is 0 Å². The van der Waals surface area contributed by atoms with Crippen LogP contribution in [-0.4, -0.2) is 24.5 Å². The molecule has 5 heteroatoms. The fourth-order valence-electron chi connectivity index (χ4n) is 3.80. The van der Waals surface area contributed by atoms with E-state index >= 15 is 0 Å². The van der Waals surface area contributed by atoms with Crippen molar-refractivity contribution in [2.45, 2.75) is 64.8 Å². The summed E-state index contributed by atoms with van der Waals surface area (Å²) in [7, 11) is 0. The second-order valence-corrected chi connectivity index (χ2v) is 8.42. The van der Waals surface area contributed by atoms with Gasteiger partial charge in [-0.05, 0) is 67.1 Å². The van der Waals surface area contributed by atoms with Crippen molar-refractivity contribution < 1.29 is 14.3 Å². The first kappa shape index (κ1) is 21.9. The van der Waals surface area contributed by atoms with Gasteiger partial charge in [-0.1, -0.05) is 45.2 Å². The van der Waals surface area contributed by atoms with Crippen LogP contribution >= 0.6 is 0 Å². The maximum atomic E-state index is 12.4. The summed E-state index contributed by atoms with van der Waals surface area (Å²) in [6.07, 6.45) is 5.73. The molecule has 0 aromatic heterocycles. The van der Waals surface area contributed by atoms with Crippen molar-refractivity contribution in [3.8, 4) is 5.75 Å². The van der Waals surface area contributed by atoms with Crippen LogP contribution in [0.15, 0.2) is 42.5 Å². The number of nitrogens with one attached hydrogen (secondary N) is 2. The summed E-state index contributed by atoms with van der Waals surface area (Å²) in [6.45, 7) is 6.14. The zero-order chi connectivity index (χ0) is 21.5. The van der Waals surface area contributed by atoms with E-state index in [4.69, 9.17) is 4.74 Å². The Kier molecular flexibility index (Phi) is 7.50. The Morgan fingerprint density at radius 1 is 1.03 bits per heavy atom. The first-order chi connectivity index (χ1) is 14.4. The van der Waals surface area contributed by atoms with Crippen molar-refractivity contribution >= 4 is 17.5 Å². The molecule has 5 nitrogen and oxygen atoms in total. The maximum absolute atomic E-state index is 12.4. The number of aryl methyl sites for hydroxylation is 1. The highest BCUT2D eigenvalue weighted by Gasteiger charge is 2.17. The second-order valence-electron chi connectivity index (χ2n) is 8.42. The quantitative estimate of drug-likeness (QED) is 0.662. The van der Waals surface area contributed by atoms with E-state index in [9.17, 15) is 9.59 Å². The Morgan fingerprint density at radius 3 is 2.40 bits per heavy atom. The average molecular weight is 409 g/mol. The molecule has 0 aliphatic heterocycles. The molecule has 0 radical (unpaired) electrons. The predicted molar refractivity (Wildman–Crippen MR) is 120 cm³/mol. The van der Waals surface area contributed by atoms with Gasteiger partial charge in [-0.15, -0.1) is 0 Å². The molecule has 2 amide bonds. The van der Waals surface area contributed by atoms with E-state index in [2.05, 4.69) is 24.5 Å². The van der Waals surface area contributed by atoms with E-state index in [1.807, 2.05) is 25.1 Å². The van der Waals surface area contributed by atoms with Gasteiger partial charge in [0.1, 0.15) is 5.75 Å². The lowest BCUT2D eigenvalue weighted by atomic mass is 9.95. The Labute approximate surface area is 179 Å². The normalized spacial score (nSPS) is 14.4. The average Bonchev–Trinajstić information content (AvgIpc) is 2.73. The monoisotopic (exact) mass is 408 g/mol. The van der Waals surface area contributed by atoms with Gasteiger partial charge >= 0.3 is 0 Å². The van der Waals surface area contributed by atoms with Crippen LogP contribution < -0.4 is 15.4 Å². The van der Waals surface area contributed by atoms with Crippen LogP contribution in [0.25, 0.3) is 0 Å². The van der Waals surface area contributed by atoms with E-state index in [1.165, 1.54) is 19.3 Å². The molecule has 1 fully saturated rings. The Hall–Kier alpha value is -2.82. The number of anilines is 1. The largest absolute Gasteiger partial charge is 0.483 e. The third-order valence-corrected chi connectivity index (χ3v) is 5.52. The highest BCUT2D eigenvalue weighted by molar-refractivity contribution is 5.96. The van der Waals surface area contributed by atoms with E-state index in [0.717, 1.165) is 29.7 Å². The lowest BCUT2D eigenvalue weighted by Gasteiger charge is -2.22. The number of carbonyl (C=O) groups is 2. The summed E-state index contributed by atoms with van der Waals surface area (Å²) in [4.78, 5) is 24.7. The molecule has 160 valence electrons. The molecule has 1 aliphatic carbocycles. The van der Waals surface area contributed by atoms with Gasteiger partial charge in [-0.3, -0.25) is 9.59 Å². The van der Waals surface area contributed by atoms with Gasteiger partial charge in [-0.25, -0.2) is 0 Å². The fourth-order valence-corrected chi connectivity index (χ4v) is 3.80. The maximum Gasteiger partial charge on any atom is 0.262 e. The van der Waals surface area contributed by atoms with Crippen molar-refractivity contribution in [3.63, 3.8) is 0 Å². The number of rotatable bonds is 7. The van der Waals surface area contributed by atoms with Crippen molar-refractivity contribution in [2.24, 2.45) is 0 Å². The first-order valence-electron chi connectivity index (χ1n) is 10.9. The topological polar surface area (TPSA) is 67.4 Å². The molecule has 0 unspecified atom stereocenters. The van der Waals surface area contributed by atoms with Crippen LogP contribution in [0.2, 0.25) is 0 Å². The predicted octanol–water partition coefficient (Wildman–Crippen LogP) is 5.20. The van der Waals surface area contributed by atoms with Gasteiger partial charge < -0.3 is 15.4 Å². The zero-order valence-electron chi connectivity index (χ0n) is 18.2. The number of ether oxygens (including phenoxy) is 1. The van der Waals surface area contributed by atoms with Gasteiger partial charge in [0.25, 0.3) is 11.8 Å². The van der Waals surface area contributed by atoms with Gasteiger partial charge in [0, 0.05) is 17.3 Å². The number of carbonyl (C=O) groups excluding carboxylic acids is 2. The lowest BCUT2D eigenvalue weighted by molar-refractivity contribution is -0.118. The van der Waals surface area contributed by atoms with Gasteiger partial charge in [0.05, 0.1) is 0 Å². The summed E-state index contributed by atoms with van der Waals surface area (Å²) < 4.78 is 5.78. The van der Waals surface area contributed by atoms with Gasteiger partial charge in [0.15, 0.2) is 6.61 Å². The molecule has 0 atom stereocenters. The van der Waals surface area contributed by atoms with Crippen LogP contribution in [0.3, 0.4) is 0 Å². The highest BCUT2D eigenvalue weighted by atomic mass is 16.5. The highest BCUT2D eigenvalue weighted by Crippen LogP contribution is 2.27. The molecule has 2 aromatic carbocycles. The molecule has 0 heterocycles. The fraction of sp³-hybridized carbons (Fsp3) is 0.440. The minimum Gasteiger partial charge on any atom is -0.483 e. The van der Waals surface area contributed by atoms with Crippen LogP contribution in [0, 0.1) is 6.92 Å². The number of benzene rings is 2. The third kappa shape index (κ3) is 6.09. The van der Waals surface area contributed by atoms with Crippen LogP contribution in [0.1, 0.15) is 73.4 Å². The second kappa shape index (κ2) is 10.3. The summed E-state index contributed by atoms with van der Waals surface area (Å²) >= 11 is 0. The van der Waals surface area contributed by atoms with Crippen LogP contribution in [-0.2, 0) is 4.79 Å². The van der Waals surface area contributed by atoms with Crippen molar-refractivity contribution in [1.82, 2.24) is 5.32 Å². The van der Waals surface area contributed by atoms with Crippen LogP contribution in [0.5, 0.6) is 5.75 Å². The molecule has 1 aliphatic rings. The van der Waals surface area contributed by atoms with E-state index < -0.39 is 0 Å². The van der Waals surface area contributed by atoms with Crippen molar-refractivity contribution in [2.75, 3.05) is 11.9 Å². The summed E-state index contributed by atoms with van der Waals surface area (Å²) in [6, 6.07) is 13.3. The Bertz CT molecular complexity index is 868. The third-order valence-electron chi connectivity index (χ3n) is 5.52. The molecular weight excluding hydrogens is 376 g/mol. The van der Waals surface area contributed by atoms with E-state index in [1.54, 1.807) is 24.3 Å². The SMILES string of the molecule is Cc1ccc(C(C)C)c(OCC(=O)Nc2ccc(C(=O)NC3CCCCC3)cc2)c1. The summed E-state index contributed by atoms with van der Waals surface area (Å²) in [5.41, 5.74) is 3.43. The molecular formula is C25H32N2O3. The standard InChI is InChI=1S/C25H32N2O3/c1-17(2)22-14-9-18(3)15-23(22)30-16-24(28)26-21-12-10-19(11-13-21)25(29)27-20-7-5-4-6-8-20/h9-15,17,20H,4-8,16H2,1-3H3,(H,26,28)(H,27,29). The summed E-state index contributed by atoms with van der Waals surface area (Å²) in [5.74, 6) is 0.778. The number of amides is 2. The minimum atomic E-state index is -0.231.